The molecule has 0 aliphatic heterocycles. The van der Waals surface area contributed by atoms with Gasteiger partial charge in [0, 0.05) is 12.3 Å². The van der Waals surface area contributed by atoms with Crippen LogP contribution in [0.5, 0.6) is 0 Å². The first-order valence-electron chi connectivity index (χ1n) is 4.98. The molecule has 0 amide bonds. The average Bonchev–Trinajstić information content (AvgIpc) is 2.78. The van der Waals surface area contributed by atoms with Gasteiger partial charge >= 0.3 is 5.97 Å². The first kappa shape index (κ1) is 11.9. The minimum atomic E-state index is -0.643. The van der Waals surface area contributed by atoms with Gasteiger partial charge in [0.05, 0.1) is 6.42 Å². The predicted octanol–water partition coefficient (Wildman–Crippen LogP) is 1.54. The number of hydrogen-bond donors (Lipinski definition) is 1. The molecule has 0 atom stereocenters. The van der Waals surface area contributed by atoms with Crippen molar-refractivity contribution in [1.29, 1.82) is 0 Å². The van der Waals surface area contributed by atoms with Gasteiger partial charge in [-0.1, -0.05) is 0 Å². The minimum absolute atomic E-state index is 0.156. The lowest BCUT2D eigenvalue weighted by Gasteiger charge is -2.13. The van der Waals surface area contributed by atoms with Crippen LogP contribution in [0.25, 0.3) is 0 Å². The maximum Gasteiger partial charge on any atom is 0.303 e. The van der Waals surface area contributed by atoms with Crippen molar-refractivity contribution in [2.75, 3.05) is 32.1 Å². The Morgan fingerprint density at radius 3 is 2.57 bits per heavy atom. The van der Waals surface area contributed by atoms with Gasteiger partial charge in [0.25, 0.3) is 0 Å². The van der Waals surface area contributed by atoms with E-state index < -0.39 is 5.97 Å². The van der Waals surface area contributed by atoms with Crippen LogP contribution >= 0.6 is 11.8 Å². The molecule has 0 saturated heterocycles. The van der Waals surface area contributed by atoms with Crippen molar-refractivity contribution >= 4 is 17.7 Å². The third kappa shape index (κ3) is 4.33. The number of rotatable bonds is 7. The molecule has 0 aromatic heterocycles. The van der Waals surface area contributed by atoms with Crippen molar-refractivity contribution in [3.63, 3.8) is 0 Å². The second-order valence-corrected chi connectivity index (χ2v) is 5.53. The Kier molecular flexibility index (Phi) is 4.26. The number of carboxylic acid groups (broad SMARTS) is 1. The summed E-state index contributed by atoms with van der Waals surface area (Å²) >= 11 is 1.89. The molecule has 4 heteroatoms. The smallest absolute Gasteiger partial charge is 0.303 e. The Labute approximate surface area is 89.9 Å². The summed E-state index contributed by atoms with van der Waals surface area (Å²) in [6.07, 6.45) is 2.57. The number of nitrogens with zero attached hydrogens (tertiary/aromatic N) is 1. The monoisotopic (exact) mass is 217 g/mol. The Morgan fingerprint density at radius 2 is 2.14 bits per heavy atom. The van der Waals surface area contributed by atoms with Crippen molar-refractivity contribution in [2.45, 2.75) is 19.3 Å². The lowest BCUT2D eigenvalue weighted by atomic mass is 10.1. The average molecular weight is 217 g/mol. The van der Waals surface area contributed by atoms with E-state index in [1.165, 1.54) is 0 Å². The van der Waals surface area contributed by atoms with Crippen LogP contribution in [0.1, 0.15) is 19.3 Å². The van der Waals surface area contributed by atoms with E-state index in [9.17, 15) is 4.79 Å². The molecule has 0 aromatic rings. The zero-order chi connectivity index (χ0) is 10.6. The zero-order valence-electron chi connectivity index (χ0n) is 8.95. The molecule has 1 aliphatic rings. The highest BCUT2D eigenvalue weighted by Gasteiger charge is 2.43. The lowest BCUT2D eigenvalue weighted by Crippen LogP contribution is -2.17. The molecule has 1 fully saturated rings. The summed E-state index contributed by atoms with van der Waals surface area (Å²) in [4.78, 5) is 12.7. The predicted molar refractivity (Wildman–Crippen MR) is 59.8 cm³/mol. The second kappa shape index (κ2) is 5.03. The molecule has 14 heavy (non-hydrogen) atoms. The quantitative estimate of drug-likeness (QED) is 0.657. The van der Waals surface area contributed by atoms with Gasteiger partial charge in [-0.2, -0.15) is 11.8 Å². The molecule has 0 heterocycles. The summed E-state index contributed by atoms with van der Waals surface area (Å²) in [5.74, 6) is 1.48. The van der Waals surface area contributed by atoms with Crippen LogP contribution in [0.3, 0.4) is 0 Å². The summed E-state index contributed by atoms with van der Waals surface area (Å²) in [5, 5.41) is 8.72. The third-order valence-electron chi connectivity index (χ3n) is 2.57. The van der Waals surface area contributed by atoms with E-state index in [4.69, 9.17) is 5.11 Å². The van der Waals surface area contributed by atoms with Crippen LogP contribution in [-0.2, 0) is 4.79 Å². The van der Waals surface area contributed by atoms with Crippen LogP contribution in [0.15, 0.2) is 0 Å². The highest BCUT2D eigenvalue weighted by atomic mass is 32.2. The Balaban J connectivity index is 2.09. The third-order valence-corrected chi connectivity index (χ3v) is 3.86. The number of carboxylic acids is 1. The number of carbonyl (C=O) groups is 1. The van der Waals surface area contributed by atoms with E-state index in [1.807, 2.05) is 11.8 Å². The first-order valence-corrected chi connectivity index (χ1v) is 6.14. The normalized spacial score (nSPS) is 18.5. The van der Waals surface area contributed by atoms with Crippen LogP contribution in [-0.4, -0.2) is 48.1 Å². The first-order chi connectivity index (χ1) is 6.54. The van der Waals surface area contributed by atoms with Crippen LogP contribution < -0.4 is 0 Å². The SMILES string of the molecule is CN(C)CCSCC1(CC(=O)O)CC1. The van der Waals surface area contributed by atoms with Gasteiger partial charge in [0.15, 0.2) is 0 Å². The molecule has 0 unspecified atom stereocenters. The molecule has 0 spiro atoms. The van der Waals surface area contributed by atoms with Gasteiger partial charge < -0.3 is 10.0 Å². The van der Waals surface area contributed by atoms with Gasteiger partial charge in [-0.25, -0.2) is 0 Å². The maximum absolute atomic E-state index is 10.6. The minimum Gasteiger partial charge on any atom is -0.481 e. The number of thioether (sulfide) groups is 1. The summed E-state index contributed by atoms with van der Waals surface area (Å²) in [5.41, 5.74) is 0.156. The van der Waals surface area contributed by atoms with Crippen LogP contribution in [0.2, 0.25) is 0 Å². The molecule has 0 bridgehead atoms. The van der Waals surface area contributed by atoms with E-state index in [2.05, 4.69) is 19.0 Å². The van der Waals surface area contributed by atoms with Crippen LogP contribution in [0, 0.1) is 5.41 Å². The molecule has 1 N–H and O–H groups in total. The summed E-state index contributed by atoms with van der Waals surface area (Å²) in [6, 6.07) is 0. The fourth-order valence-electron chi connectivity index (χ4n) is 1.41. The maximum atomic E-state index is 10.6. The summed E-state index contributed by atoms with van der Waals surface area (Å²) in [6.45, 7) is 1.08. The standard InChI is InChI=1S/C10H19NO2S/c1-11(2)5-6-14-8-10(3-4-10)7-9(12)13/h3-8H2,1-2H3,(H,12,13). The highest BCUT2D eigenvalue weighted by molar-refractivity contribution is 7.99. The topological polar surface area (TPSA) is 40.5 Å². The number of hydrogen-bond acceptors (Lipinski definition) is 3. The highest BCUT2D eigenvalue weighted by Crippen LogP contribution is 2.50. The molecule has 1 aliphatic carbocycles. The Hall–Kier alpha value is -0.220. The van der Waals surface area contributed by atoms with Gasteiger partial charge in [-0.05, 0) is 38.1 Å². The fraction of sp³-hybridized carbons (Fsp3) is 0.900. The lowest BCUT2D eigenvalue weighted by molar-refractivity contribution is -0.138. The second-order valence-electron chi connectivity index (χ2n) is 4.43. The van der Waals surface area contributed by atoms with Crippen molar-refractivity contribution in [3.8, 4) is 0 Å². The van der Waals surface area contributed by atoms with Gasteiger partial charge in [0.2, 0.25) is 0 Å². The van der Waals surface area contributed by atoms with E-state index in [1.54, 1.807) is 0 Å². The molecule has 82 valence electrons. The van der Waals surface area contributed by atoms with Crippen molar-refractivity contribution in [3.05, 3.63) is 0 Å². The van der Waals surface area contributed by atoms with E-state index in [0.29, 0.717) is 6.42 Å². The van der Waals surface area contributed by atoms with Crippen LogP contribution in [0.4, 0.5) is 0 Å². The summed E-state index contributed by atoms with van der Waals surface area (Å²) in [7, 11) is 4.12. The zero-order valence-corrected chi connectivity index (χ0v) is 9.77. The molecule has 0 aromatic carbocycles. The van der Waals surface area contributed by atoms with Crippen molar-refractivity contribution in [2.24, 2.45) is 5.41 Å². The van der Waals surface area contributed by atoms with Gasteiger partial charge in [0.1, 0.15) is 0 Å². The number of aliphatic carboxylic acids is 1. The molecule has 3 nitrogen and oxygen atoms in total. The van der Waals surface area contributed by atoms with Crippen molar-refractivity contribution < 1.29 is 9.90 Å². The molecular weight excluding hydrogens is 198 g/mol. The van der Waals surface area contributed by atoms with E-state index >= 15 is 0 Å². The van der Waals surface area contributed by atoms with Gasteiger partial charge in [-0.15, -0.1) is 0 Å². The van der Waals surface area contributed by atoms with E-state index in [0.717, 1.165) is 30.9 Å². The Morgan fingerprint density at radius 1 is 1.50 bits per heavy atom. The van der Waals surface area contributed by atoms with Gasteiger partial charge in [-0.3, -0.25) is 4.79 Å². The summed E-state index contributed by atoms with van der Waals surface area (Å²) < 4.78 is 0. The molecule has 1 saturated carbocycles. The molecular formula is C10H19NO2S. The van der Waals surface area contributed by atoms with Crippen molar-refractivity contribution in [1.82, 2.24) is 4.90 Å². The van der Waals surface area contributed by atoms with E-state index in [-0.39, 0.29) is 5.41 Å². The molecule has 1 rings (SSSR count). The molecule has 0 radical (unpaired) electrons. The largest absolute Gasteiger partial charge is 0.481 e. The Bertz CT molecular complexity index is 202. The fourth-order valence-corrected chi connectivity index (χ4v) is 2.87.